The smallest absolute Gasteiger partial charge is 0.105 e. The molecule has 2 rings (SSSR count). The van der Waals surface area contributed by atoms with Crippen LogP contribution in [0.2, 0.25) is 0 Å². The van der Waals surface area contributed by atoms with Gasteiger partial charge >= 0.3 is 0 Å². The normalized spacial score (nSPS) is 21.3. The number of aliphatic hydroxyl groups is 2. The number of hydrogen-bond donors (Lipinski definition) is 2. The molecular formula is C11H14O3. The van der Waals surface area contributed by atoms with Crippen molar-refractivity contribution >= 4 is 0 Å². The highest BCUT2D eigenvalue weighted by molar-refractivity contribution is 5.18. The summed E-state index contributed by atoms with van der Waals surface area (Å²) >= 11 is 0. The van der Waals surface area contributed by atoms with Crippen LogP contribution in [0.25, 0.3) is 0 Å². The van der Waals surface area contributed by atoms with Crippen LogP contribution in [-0.4, -0.2) is 29.5 Å². The first-order valence-corrected chi connectivity index (χ1v) is 4.78. The van der Waals surface area contributed by atoms with Gasteiger partial charge in [0.05, 0.1) is 19.3 Å². The molecule has 3 heteroatoms. The van der Waals surface area contributed by atoms with Crippen molar-refractivity contribution in [1.82, 2.24) is 0 Å². The minimum absolute atomic E-state index is 0.0743. The van der Waals surface area contributed by atoms with Gasteiger partial charge in [-0.1, -0.05) is 30.3 Å². The standard InChI is InChI=1S/C11H14O3/c12-10(8-4-2-1-3-5-8)11(13)9-6-14-7-9/h1-5,9-13H,6-7H2/t10-,11+/m1/s1. The van der Waals surface area contributed by atoms with E-state index in [2.05, 4.69) is 0 Å². The fraction of sp³-hybridized carbons (Fsp3) is 0.455. The van der Waals surface area contributed by atoms with Crippen molar-refractivity contribution in [2.45, 2.75) is 12.2 Å². The van der Waals surface area contributed by atoms with Gasteiger partial charge in [-0.3, -0.25) is 0 Å². The molecule has 0 bridgehead atoms. The van der Waals surface area contributed by atoms with E-state index in [1.54, 1.807) is 0 Å². The second kappa shape index (κ2) is 4.09. The van der Waals surface area contributed by atoms with Crippen LogP contribution in [0.5, 0.6) is 0 Å². The Kier molecular flexibility index (Phi) is 2.82. The fourth-order valence-corrected chi connectivity index (χ4v) is 1.56. The maximum Gasteiger partial charge on any atom is 0.105 e. The van der Waals surface area contributed by atoms with Crippen molar-refractivity contribution in [3.05, 3.63) is 35.9 Å². The molecule has 0 unspecified atom stereocenters. The third kappa shape index (κ3) is 1.80. The first-order chi connectivity index (χ1) is 6.79. The molecule has 14 heavy (non-hydrogen) atoms. The lowest BCUT2D eigenvalue weighted by Crippen LogP contribution is -2.41. The van der Waals surface area contributed by atoms with Gasteiger partial charge in [0.15, 0.2) is 0 Å². The molecule has 0 aromatic heterocycles. The van der Waals surface area contributed by atoms with E-state index < -0.39 is 12.2 Å². The number of ether oxygens (including phenoxy) is 1. The third-order valence-electron chi connectivity index (χ3n) is 2.61. The van der Waals surface area contributed by atoms with E-state index in [9.17, 15) is 10.2 Å². The van der Waals surface area contributed by atoms with Crippen molar-refractivity contribution in [1.29, 1.82) is 0 Å². The molecule has 1 aliphatic rings. The first-order valence-electron chi connectivity index (χ1n) is 4.78. The SMILES string of the molecule is O[C@H](c1ccccc1)[C@@H](O)C1COC1. The molecule has 1 fully saturated rings. The summed E-state index contributed by atoms with van der Waals surface area (Å²) in [4.78, 5) is 0. The third-order valence-corrected chi connectivity index (χ3v) is 2.61. The molecule has 0 aliphatic carbocycles. The summed E-state index contributed by atoms with van der Waals surface area (Å²) in [5, 5.41) is 19.6. The van der Waals surface area contributed by atoms with E-state index >= 15 is 0 Å². The summed E-state index contributed by atoms with van der Waals surface area (Å²) in [5.74, 6) is 0.0743. The molecule has 1 saturated heterocycles. The Morgan fingerprint density at radius 3 is 2.29 bits per heavy atom. The average molecular weight is 194 g/mol. The van der Waals surface area contributed by atoms with Gasteiger partial charge in [-0.2, -0.15) is 0 Å². The fourth-order valence-electron chi connectivity index (χ4n) is 1.56. The van der Waals surface area contributed by atoms with Crippen molar-refractivity contribution in [2.24, 2.45) is 5.92 Å². The molecule has 1 heterocycles. The molecular weight excluding hydrogens is 180 g/mol. The summed E-state index contributed by atoms with van der Waals surface area (Å²) in [7, 11) is 0. The van der Waals surface area contributed by atoms with E-state index in [-0.39, 0.29) is 5.92 Å². The molecule has 76 valence electrons. The molecule has 0 spiro atoms. The van der Waals surface area contributed by atoms with Gasteiger partial charge in [0.2, 0.25) is 0 Å². The topological polar surface area (TPSA) is 49.7 Å². The number of aliphatic hydroxyl groups excluding tert-OH is 2. The Hall–Kier alpha value is -0.900. The highest BCUT2D eigenvalue weighted by atomic mass is 16.5. The Morgan fingerprint density at radius 1 is 1.14 bits per heavy atom. The van der Waals surface area contributed by atoms with Crippen molar-refractivity contribution in [2.75, 3.05) is 13.2 Å². The predicted molar refractivity (Wildman–Crippen MR) is 51.7 cm³/mol. The van der Waals surface area contributed by atoms with E-state index in [0.717, 1.165) is 5.56 Å². The highest BCUT2D eigenvalue weighted by Crippen LogP contribution is 2.25. The molecule has 2 atom stereocenters. The summed E-state index contributed by atoms with van der Waals surface area (Å²) in [6.45, 7) is 1.09. The summed E-state index contributed by atoms with van der Waals surface area (Å²) in [6, 6.07) is 9.21. The Morgan fingerprint density at radius 2 is 1.79 bits per heavy atom. The molecule has 2 N–H and O–H groups in total. The van der Waals surface area contributed by atoms with E-state index in [0.29, 0.717) is 13.2 Å². The van der Waals surface area contributed by atoms with Crippen LogP contribution in [0.1, 0.15) is 11.7 Å². The van der Waals surface area contributed by atoms with Gasteiger partial charge in [-0.15, -0.1) is 0 Å². The van der Waals surface area contributed by atoms with Gasteiger partial charge in [-0.25, -0.2) is 0 Å². The zero-order valence-corrected chi connectivity index (χ0v) is 7.84. The molecule has 1 aliphatic heterocycles. The molecule has 0 amide bonds. The van der Waals surface area contributed by atoms with Crippen LogP contribution >= 0.6 is 0 Å². The largest absolute Gasteiger partial charge is 0.390 e. The van der Waals surface area contributed by atoms with Crippen LogP contribution < -0.4 is 0 Å². The van der Waals surface area contributed by atoms with E-state index in [4.69, 9.17) is 4.74 Å². The number of hydrogen-bond acceptors (Lipinski definition) is 3. The van der Waals surface area contributed by atoms with E-state index in [1.165, 1.54) is 0 Å². The first kappa shape index (κ1) is 9.65. The van der Waals surface area contributed by atoms with Gasteiger partial charge in [0.1, 0.15) is 6.10 Å². The van der Waals surface area contributed by atoms with Crippen LogP contribution in [0, 0.1) is 5.92 Å². The zero-order valence-electron chi connectivity index (χ0n) is 7.84. The van der Waals surface area contributed by atoms with Gasteiger partial charge in [-0.05, 0) is 5.56 Å². The Balaban J connectivity index is 2.03. The predicted octanol–water partition coefficient (Wildman–Crippen LogP) is 0.727. The molecule has 0 radical (unpaired) electrons. The minimum Gasteiger partial charge on any atom is -0.390 e. The van der Waals surface area contributed by atoms with Crippen molar-refractivity contribution in [3.8, 4) is 0 Å². The molecule has 3 nitrogen and oxygen atoms in total. The maximum absolute atomic E-state index is 9.82. The Labute approximate surface area is 83.0 Å². The van der Waals surface area contributed by atoms with Crippen LogP contribution in [0.4, 0.5) is 0 Å². The van der Waals surface area contributed by atoms with Gasteiger partial charge in [0.25, 0.3) is 0 Å². The second-order valence-corrected chi connectivity index (χ2v) is 3.64. The second-order valence-electron chi connectivity index (χ2n) is 3.64. The van der Waals surface area contributed by atoms with Crippen LogP contribution in [0.3, 0.4) is 0 Å². The van der Waals surface area contributed by atoms with E-state index in [1.807, 2.05) is 30.3 Å². The Bertz CT molecular complexity index is 282. The summed E-state index contributed by atoms with van der Waals surface area (Å²) < 4.78 is 4.97. The van der Waals surface area contributed by atoms with Crippen LogP contribution in [0.15, 0.2) is 30.3 Å². The molecule has 1 aromatic carbocycles. The highest BCUT2D eigenvalue weighted by Gasteiger charge is 2.32. The quantitative estimate of drug-likeness (QED) is 0.745. The maximum atomic E-state index is 9.82. The monoisotopic (exact) mass is 194 g/mol. The number of rotatable bonds is 3. The molecule has 1 aromatic rings. The minimum atomic E-state index is -0.801. The van der Waals surface area contributed by atoms with Crippen molar-refractivity contribution in [3.63, 3.8) is 0 Å². The lowest BCUT2D eigenvalue weighted by Gasteiger charge is -2.33. The molecule has 0 saturated carbocycles. The average Bonchev–Trinajstić information content (AvgIpc) is 2.15. The lowest BCUT2D eigenvalue weighted by atomic mass is 9.92. The summed E-state index contributed by atoms with van der Waals surface area (Å²) in [5.41, 5.74) is 0.756. The van der Waals surface area contributed by atoms with Gasteiger partial charge in [0, 0.05) is 5.92 Å². The lowest BCUT2D eigenvalue weighted by molar-refractivity contribution is -0.127. The number of benzene rings is 1. The van der Waals surface area contributed by atoms with Crippen molar-refractivity contribution < 1.29 is 14.9 Å². The van der Waals surface area contributed by atoms with Crippen LogP contribution in [-0.2, 0) is 4.74 Å². The summed E-state index contributed by atoms with van der Waals surface area (Å²) in [6.07, 6.45) is -1.52. The van der Waals surface area contributed by atoms with Gasteiger partial charge < -0.3 is 14.9 Å². The zero-order chi connectivity index (χ0) is 9.97.